The van der Waals surface area contributed by atoms with Crippen LogP contribution < -0.4 is 10.1 Å². The molecule has 0 bridgehead atoms. The number of ether oxygens (including phenoxy) is 1. The molecule has 1 N–H and O–H groups in total. The molecule has 5 nitrogen and oxygen atoms in total. The Bertz CT molecular complexity index is 703. The first-order valence-electron chi connectivity index (χ1n) is 7.28. The standard InChI is InChI=1S/C18H19N3O2/c1-21(2)18(22)15-4-3-5-16(12-15)20-10-11-23-17-8-6-14(13-19)7-9-17/h3-9,12,20H,10-11H2,1-2H3. The van der Waals surface area contributed by atoms with Crippen molar-refractivity contribution >= 4 is 11.6 Å². The van der Waals surface area contributed by atoms with Crippen LogP contribution in [0.1, 0.15) is 15.9 Å². The molecule has 0 saturated carbocycles. The number of carbonyl (C=O) groups is 1. The number of hydrogen-bond donors (Lipinski definition) is 1. The molecule has 0 radical (unpaired) electrons. The van der Waals surface area contributed by atoms with Gasteiger partial charge >= 0.3 is 0 Å². The van der Waals surface area contributed by atoms with Crippen molar-refractivity contribution in [3.05, 3.63) is 59.7 Å². The molecule has 118 valence electrons. The van der Waals surface area contributed by atoms with E-state index in [1.165, 1.54) is 0 Å². The van der Waals surface area contributed by atoms with Gasteiger partial charge < -0.3 is 15.0 Å². The average Bonchev–Trinajstić information content (AvgIpc) is 2.58. The summed E-state index contributed by atoms with van der Waals surface area (Å²) in [5.74, 6) is 0.699. The Morgan fingerprint density at radius 2 is 1.96 bits per heavy atom. The summed E-state index contributed by atoms with van der Waals surface area (Å²) in [6.07, 6.45) is 0. The SMILES string of the molecule is CN(C)C(=O)c1cccc(NCCOc2ccc(C#N)cc2)c1. The van der Waals surface area contributed by atoms with Crippen LogP contribution in [0, 0.1) is 11.3 Å². The Hall–Kier alpha value is -3.00. The van der Waals surface area contributed by atoms with E-state index < -0.39 is 0 Å². The fourth-order valence-electron chi connectivity index (χ4n) is 2.01. The summed E-state index contributed by atoms with van der Waals surface area (Å²) in [6, 6.07) is 16.4. The third-order valence-corrected chi connectivity index (χ3v) is 3.20. The van der Waals surface area contributed by atoms with Gasteiger partial charge in [-0.3, -0.25) is 4.79 Å². The maximum absolute atomic E-state index is 11.9. The Morgan fingerprint density at radius 1 is 1.22 bits per heavy atom. The van der Waals surface area contributed by atoms with Crippen LogP contribution in [0.4, 0.5) is 5.69 Å². The van der Waals surface area contributed by atoms with Gasteiger partial charge in [0.1, 0.15) is 12.4 Å². The van der Waals surface area contributed by atoms with Crippen molar-refractivity contribution in [2.75, 3.05) is 32.6 Å². The Labute approximate surface area is 136 Å². The lowest BCUT2D eigenvalue weighted by molar-refractivity contribution is 0.0827. The van der Waals surface area contributed by atoms with Crippen molar-refractivity contribution in [2.45, 2.75) is 0 Å². The third kappa shape index (κ3) is 4.75. The second-order valence-corrected chi connectivity index (χ2v) is 5.19. The van der Waals surface area contributed by atoms with E-state index in [4.69, 9.17) is 10.00 Å². The maximum Gasteiger partial charge on any atom is 0.253 e. The zero-order valence-corrected chi connectivity index (χ0v) is 13.2. The van der Waals surface area contributed by atoms with Gasteiger partial charge in [0, 0.05) is 31.9 Å². The minimum Gasteiger partial charge on any atom is -0.492 e. The van der Waals surface area contributed by atoms with Gasteiger partial charge in [-0.2, -0.15) is 5.26 Å². The number of benzene rings is 2. The predicted molar refractivity (Wildman–Crippen MR) is 89.6 cm³/mol. The van der Waals surface area contributed by atoms with Gasteiger partial charge in [-0.15, -0.1) is 0 Å². The molecule has 23 heavy (non-hydrogen) atoms. The second-order valence-electron chi connectivity index (χ2n) is 5.19. The van der Waals surface area contributed by atoms with Crippen LogP contribution in [-0.2, 0) is 0 Å². The average molecular weight is 309 g/mol. The Morgan fingerprint density at radius 3 is 2.61 bits per heavy atom. The minimum atomic E-state index is -0.0255. The first-order valence-corrected chi connectivity index (χ1v) is 7.28. The van der Waals surface area contributed by atoms with Crippen molar-refractivity contribution in [3.63, 3.8) is 0 Å². The molecule has 0 spiro atoms. The molecule has 2 aromatic rings. The van der Waals surface area contributed by atoms with E-state index in [-0.39, 0.29) is 5.91 Å². The van der Waals surface area contributed by atoms with Crippen LogP contribution in [0.5, 0.6) is 5.75 Å². The van der Waals surface area contributed by atoms with E-state index >= 15 is 0 Å². The van der Waals surface area contributed by atoms with Crippen LogP contribution in [0.25, 0.3) is 0 Å². The number of rotatable bonds is 6. The summed E-state index contributed by atoms with van der Waals surface area (Å²) < 4.78 is 5.60. The normalized spacial score (nSPS) is 9.78. The molecule has 2 rings (SSSR count). The largest absolute Gasteiger partial charge is 0.492 e. The minimum absolute atomic E-state index is 0.0255. The van der Waals surface area contributed by atoms with Crippen LogP contribution >= 0.6 is 0 Å². The molecule has 0 fully saturated rings. The third-order valence-electron chi connectivity index (χ3n) is 3.20. The van der Waals surface area contributed by atoms with Gasteiger partial charge in [0.25, 0.3) is 5.91 Å². The molecule has 5 heteroatoms. The van der Waals surface area contributed by atoms with Gasteiger partial charge in [0.05, 0.1) is 11.6 Å². The summed E-state index contributed by atoms with van der Waals surface area (Å²) in [6.45, 7) is 1.09. The van der Waals surface area contributed by atoms with Crippen LogP contribution in [0.2, 0.25) is 0 Å². The molecule has 1 amide bonds. The van der Waals surface area contributed by atoms with Crippen molar-refractivity contribution < 1.29 is 9.53 Å². The van der Waals surface area contributed by atoms with E-state index in [0.717, 1.165) is 11.4 Å². The first kappa shape index (κ1) is 16.4. The lowest BCUT2D eigenvalue weighted by Gasteiger charge is -2.12. The monoisotopic (exact) mass is 309 g/mol. The van der Waals surface area contributed by atoms with E-state index in [1.54, 1.807) is 49.3 Å². The number of anilines is 1. The fraction of sp³-hybridized carbons (Fsp3) is 0.222. The van der Waals surface area contributed by atoms with Gasteiger partial charge in [0.15, 0.2) is 0 Å². The summed E-state index contributed by atoms with van der Waals surface area (Å²) in [5.41, 5.74) is 2.13. The van der Waals surface area contributed by atoms with Crippen LogP contribution in [-0.4, -0.2) is 38.1 Å². The highest BCUT2D eigenvalue weighted by molar-refractivity contribution is 5.94. The van der Waals surface area contributed by atoms with E-state index in [0.29, 0.717) is 24.3 Å². The van der Waals surface area contributed by atoms with Gasteiger partial charge in [-0.05, 0) is 42.5 Å². The van der Waals surface area contributed by atoms with E-state index in [2.05, 4.69) is 11.4 Å². The van der Waals surface area contributed by atoms with E-state index in [9.17, 15) is 4.79 Å². The molecule has 0 saturated heterocycles. The number of hydrogen-bond acceptors (Lipinski definition) is 4. The fourth-order valence-corrected chi connectivity index (χ4v) is 2.01. The van der Waals surface area contributed by atoms with Gasteiger partial charge in [0.2, 0.25) is 0 Å². The highest BCUT2D eigenvalue weighted by Gasteiger charge is 2.07. The van der Waals surface area contributed by atoms with Crippen LogP contribution in [0.15, 0.2) is 48.5 Å². The van der Waals surface area contributed by atoms with Crippen molar-refractivity contribution in [1.82, 2.24) is 4.90 Å². The smallest absolute Gasteiger partial charge is 0.253 e. The predicted octanol–water partition coefficient (Wildman–Crippen LogP) is 2.75. The summed E-state index contributed by atoms with van der Waals surface area (Å²) in [5, 5.41) is 12.0. The highest BCUT2D eigenvalue weighted by Crippen LogP contribution is 2.13. The van der Waals surface area contributed by atoms with Crippen molar-refractivity contribution in [2.24, 2.45) is 0 Å². The zero-order chi connectivity index (χ0) is 16.7. The second kappa shape index (κ2) is 7.85. The van der Waals surface area contributed by atoms with E-state index in [1.807, 2.05) is 18.2 Å². The topological polar surface area (TPSA) is 65.4 Å². The lowest BCUT2D eigenvalue weighted by Crippen LogP contribution is -2.21. The molecule has 2 aromatic carbocycles. The molecule has 0 aliphatic heterocycles. The Kier molecular flexibility index (Phi) is 5.59. The molecule has 0 aromatic heterocycles. The lowest BCUT2D eigenvalue weighted by atomic mass is 10.2. The summed E-state index contributed by atoms with van der Waals surface area (Å²) >= 11 is 0. The van der Waals surface area contributed by atoms with Crippen molar-refractivity contribution in [1.29, 1.82) is 5.26 Å². The molecule has 0 heterocycles. The molecular weight excluding hydrogens is 290 g/mol. The number of amides is 1. The Balaban J connectivity index is 1.83. The molecule has 0 aliphatic rings. The molecule has 0 unspecified atom stereocenters. The number of nitrogens with one attached hydrogen (secondary N) is 1. The van der Waals surface area contributed by atoms with Gasteiger partial charge in [-0.1, -0.05) is 6.07 Å². The first-order chi connectivity index (χ1) is 11.1. The highest BCUT2D eigenvalue weighted by atomic mass is 16.5. The number of carbonyl (C=O) groups excluding carboxylic acids is 1. The molecule has 0 atom stereocenters. The zero-order valence-electron chi connectivity index (χ0n) is 13.2. The quantitative estimate of drug-likeness (QED) is 0.833. The maximum atomic E-state index is 11.9. The molecular formula is C18H19N3O2. The summed E-state index contributed by atoms with van der Waals surface area (Å²) in [4.78, 5) is 13.5. The van der Waals surface area contributed by atoms with Crippen LogP contribution in [0.3, 0.4) is 0 Å². The van der Waals surface area contributed by atoms with Gasteiger partial charge in [-0.25, -0.2) is 0 Å². The number of nitrogens with zero attached hydrogens (tertiary/aromatic N) is 2. The molecule has 0 aliphatic carbocycles. The number of nitriles is 1. The summed E-state index contributed by atoms with van der Waals surface area (Å²) in [7, 11) is 3.46. The van der Waals surface area contributed by atoms with Crippen molar-refractivity contribution in [3.8, 4) is 11.8 Å².